The average molecular weight is 364 g/mol. The summed E-state index contributed by atoms with van der Waals surface area (Å²) >= 11 is 0. The van der Waals surface area contributed by atoms with Crippen LogP contribution in [0.4, 0.5) is 0 Å². The number of pyridine rings is 1. The number of fused-ring (bicyclic) bond motifs is 2. The Balaban J connectivity index is 1.67. The summed E-state index contributed by atoms with van der Waals surface area (Å²) < 4.78 is 1.31. The minimum absolute atomic E-state index is 0.176. The lowest BCUT2D eigenvalue weighted by molar-refractivity contribution is 0.0920. The van der Waals surface area contributed by atoms with Crippen LogP contribution in [0.25, 0.3) is 16.7 Å². The number of para-hydroxylation sites is 2. The molecule has 1 amide bonds. The molecule has 3 N–H and O–H groups in total. The molecule has 0 bridgehead atoms. The number of carbonyl (C=O) groups is 1. The van der Waals surface area contributed by atoms with Gasteiger partial charge in [0.2, 0.25) is 0 Å². The first-order chi connectivity index (χ1) is 13.1. The molecule has 0 unspecified atom stereocenters. The molecule has 0 saturated carbocycles. The van der Waals surface area contributed by atoms with E-state index in [-0.39, 0.29) is 23.6 Å². The fraction of sp³-hybridized carbons (Fsp3) is 0.263. The summed E-state index contributed by atoms with van der Waals surface area (Å²) in [5, 5.41) is 9.29. The normalized spacial score (nSPS) is 13.7. The summed E-state index contributed by atoms with van der Waals surface area (Å²) in [4.78, 5) is 32.5. The molecule has 8 heteroatoms. The van der Waals surface area contributed by atoms with Gasteiger partial charge in [0.25, 0.3) is 5.91 Å². The Hall–Kier alpha value is -3.42. The van der Waals surface area contributed by atoms with Crippen molar-refractivity contribution in [2.75, 3.05) is 0 Å². The Morgan fingerprint density at radius 3 is 2.85 bits per heavy atom. The van der Waals surface area contributed by atoms with Crippen LogP contribution in [0.15, 0.2) is 47.4 Å². The van der Waals surface area contributed by atoms with Gasteiger partial charge in [-0.2, -0.15) is 5.10 Å². The second kappa shape index (κ2) is 6.71. The van der Waals surface area contributed by atoms with Crippen molar-refractivity contribution in [2.24, 2.45) is 5.92 Å². The van der Waals surface area contributed by atoms with Crippen molar-refractivity contribution < 1.29 is 4.79 Å². The van der Waals surface area contributed by atoms with E-state index in [2.05, 4.69) is 39.3 Å². The first kappa shape index (κ1) is 17.0. The topological polar surface area (TPSA) is 108 Å². The maximum Gasteiger partial charge on any atom is 0.347 e. The van der Waals surface area contributed by atoms with Crippen molar-refractivity contribution in [1.29, 1.82) is 0 Å². The van der Waals surface area contributed by atoms with Gasteiger partial charge in [0.05, 0.1) is 22.6 Å². The first-order valence-corrected chi connectivity index (χ1v) is 8.89. The fourth-order valence-electron chi connectivity index (χ4n) is 3.10. The molecule has 0 aliphatic heterocycles. The van der Waals surface area contributed by atoms with Crippen LogP contribution in [0.1, 0.15) is 42.5 Å². The summed E-state index contributed by atoms with van der Waals surface area (Å²) in [7, 11) is 0. The number of aromatic amines is 2. The van der Waals surface area contributed by atoms with E-state index in [0.717, 1.165) is 23.3 Å². The monoisotopic (exact) mass is 364 g/mol. The molecule has 0 aliphatic rings. The van der Waals surface area contributed by atoms with Crippen molar-refractivity contribution in [3.8, 4) is 0 Å². The summed E-state index contributed by atoms with van der Waals surface area (Å²) in [6, 6.07) is 10.8. The van der Waals surface area contributed by atoms with E-state index in [0.29, 0.717) is 11.2 Å². The Morgan fingerprint density at radius 2 is 2.07 bits per heavy atom. The molecule has 0 radical (unpaired) electrons. The number of hydrogen-bond acceptors (Lipinski definition) is 4. The van der Waals surface area contributed by atoms with E-state index in [4.69, 9.17) is 0 Å². The number of imidazole rings is 1. The second-order valence-corrected chi connectivity index (χ2v) is 6.65. The zero-order chi connectivity index (χ0) is 19.0. The molecule has 1 aromatic carbocycles. The van der Waals surface area contributed by atoms with Gasteiger partial charge in [-0.15, -0.1) is 0 Å². The third kappa shape index (κ3) is 3.10. The van der Waals surface area contributed by atoms with Crippen molar-refractivity contribution in [3.63, 3.8) is 0 Å². The van der Waals surface area contributed by atoms with Gasteiger partial charge < -0.3 is 10.3 Å². The maximum absolute atomic E-state index is 12.8. The number of aromatic nitrogens is 5. The average Bonchev–Trinajstić information content (AvgIpc) is 3.28. The maximum atomic E-state index is 12.8. The van der Waals surface area contributed by atoms with Gasteiger partial charge in [0.1, 0.15) is 5.82 Å². The first-order valence-electron chi connectivity index (χ1n) is 8.89. The number of rotatable bonds is 5. The largest absolute Gasteiger partial charge is 0.347 e. The van der Waals surface area contributed by atoms with Crippen LogP contribution >= 0.6 is 0 Å². The molecule has 0 spiro atoms. The highest BCUT2D eigenvalue weighted by Crippen LogP contribution is 2.25. The third-order valence-electron chi connectivity index (χ3n) is 4.88. The number of benzene rings is 1. The number of nitrogens with one attached hydrogen (secondary N) is 3. The highest BCUT2D eigenvalue weighted by molar-refractivity contribution is 5.94. The zero-order valence-corrected chi connectivity index (χ0v) is 15.1. The highest BCUT2D eigenvalue weighted by Gasteiger charge is 2.24. The van der Waals surface area contributed by atoms with Gasteiger partial charge >= 0.3 is 5.69 Å². The smallest absolute Gasteiger partial charge is 0.342 e. The van der Waals surface area contributed by atoms with Gasteiger partial charge in [-0.25, -0.2) is 19.3 Å². The van der Waals surface area contributed by atoms with E-state index >= 15 is 0 Å². The van der Waals surface area contributed by atoms with Gasteiger partial charge in [-0.3, -0.25) is 4.79 Å². The van der Waals surface area contributed by atoms with Crippen LogP contribution in [0.2, 0.25) is 0 Å². The molecule has 3 heterocycles. The van der Waals surface area contributed by atoms with Gasteiger partial charge in [0.15, 0.2) is 5.65 Å². The molecule has 2 atom stereocenters. The summed E-state index contributed by atoms with van der Waals surface area (Å²) in [6.45, 7) is 4.14. The summed E-state index contributed by atoms with van der Waals surface area (Å²) in [5.41, 5.74) is 2.26. The van der Waals surface area contributed by atoms with Crippen molar-refractivity contribution in [1.82, 2.24) is 29.9 Å². The lowest BCUT2D eigenvalue weighted by atomic mass is 9.98. The standard InChI is InChI=1S/C19H20N6O2/c1-3-11(2)16(17-20-13-6-4-5-7-14(13)21-17)22-18(26)12-8-9-15-23-24-19(27)25(15)10-12/h4-11,16H,3H2,1-2H3,(H,20,21)(H,22,26)(H,24,27)/t11-,16-/m1/s1. The Bertz CT molecular complexity index is 1140. The molecular formula is C19H20N6O2. The van der Waals surface area contributed by atoms with E-state index < -0.39 is 0 Å². The highest BCUT2D eigenvalue weighted by atomic mass is 16.2. The molecular weight excluding hydrogens is 344 g/mol. The molecule has 4 rings (SSSR count). The Labute approximate surface area is 154 Å². The van der Waals surface area contributed by atoms with E-state index in [1.54, 1.807) is 12.1 Å². The summed E-state index contributed by atoms with van der Waals surface area (Å²) in [5.74, 6) is 0.631. The molecule has 3 aromatic heterocycles. The molecule has 0 aliphatic carbocycles. The molecule has 27 heavy (non-hydrogen) atoms. The Kier molecular flexibility index (Phi) is 4.23. The Morgan fingerprint density at radius 1 is 1.26 bits per heavy atom. The van der Waals surface area contributed by atoms with Gasteiger partial charge in [-0.1, -0.05) is 32.4 Å². The molecule has 4 aromatic rings. The van der Waals surface area contributed by atoms with E-state index in [1.165, 1.54) is 10.6 Å². The number of carbonyl (C=O) groups excluding carboxylic acids is 1. The number of amides is 1. The minimum Gasteiger partial charge on any atom is -0.342 e. The van der Waals surface area contributed by atoms with Crippen LogP contribution in [0.5, 0.6) is 0 Å². The van der Waals surface area contributed by atoms with Crippen LogP contribution in [-0.4, -0.2) is 30.5 Å². The van der Waals surface area contributed by atoms with Crippen LogP contribution in [0, 0.1) is 5.92 Å². The van der Waals surface area contributed by atoms with Gasteiger partial charge in [-0.05, 0) is 30.2 Å². The quantitative estimate of drug-likeness (QED) is 0.505. The van der Waals surface area contributed by atoms with Gasteiger partial charge in [0, 0.05) is 6.20 Å². The second-order valence-electron chi connectivity index (χ2n) is 6.65. The molecule has 8 nitrogen and oxygen atoms in total. The van der Waals surface area contributed by atoms with Crippen molar-refractivity contribution >= 4 is 22.6 Å². The van der Waals surface area contributed by atoms with Crippen LogP contribution in [-0.2, 0) is 0 Å². The van der Waals surface area contributed by atoms with Crippen LogP contribution < -0.4 is 11.0 Å². The third-order valence-corrected chi connectivity index (χ3v) is 4.88. The van der Waals surface area contributed by atoms with E-state index in [9.17, 15) is 9.59 Å². The van der Waals surface area contributed by atoms with Crippen LogP contribution in [0.3, 0.4) is 0 Å². The predicted octanol–water partition coefficient (Wildman–Crippen LogP) is 2.42. The molecule has 0 saturated heterocycles. The van der Waals surface area contributed by atoms with E-state index in [1.807, 2.05) is 24.3 Å². The SMILES string of the molecule is CC[C@@H](C)[C@@H](NC(=O)c1ccc2n[nH]c(=O)n2c1)c1nc2ccccc2[nH]1. The van der Waals surface area contributed by atoms with Crippen molar-refractivity contribution in [2.45, 2.75) is 26.3 Å². The minimum atomic E-state index is -0.379. The fourth-order valence-corrected chi connectivity index (χ4v) is 3.10. The molecule has 138 valence electrons. The zero-order valence-electron chi connectivity index (χ0n) is 15.1. The predicted molar refractivity (Wildman–Crippen MR) is 102 cm³/mol. The summed E-state index contributed by atoms with van der Waals surface area (Å²) in [6.07, 6.45) is 2.37. The lowest BCUT2D eigenvalue weighted by Crippen LogP contribution is -2.33. The lowest BCUT2D eigenvalue weighted by Gasteiger charge is -2.22. The van der Waals surface area contributed by atoms with Crippen molar-refractivity contribution in [3.05, 3.63) is 64.5 Å². The number of hydrogen-bond donors (Lipinski definition) is 3. The molecule has 0 fully saturated rings. The number of H-pyrrole nitrogens is 2. The number of nitrogens with zero attached hydrogens (tertiary/aromatic N) is 3.